The van der Waals surface area contributed by atoms with Crippen molar-refractivity contribution < 1.29 is 17.8 Å². The molecule has 0 aliphatic heterocycles. The first-order chi connectivity index (χ1) is 3.56. The maximum Gasteiger partial charge on any atom is 0.120 e. The van der Waals surface area contributed by atoms with E-state index in [2.05, 4.69) is 0 Å². The van der Waals surface area contributed by atoms with Gasteiger partial charge in [0.1, 0.15) is 6.29 Å². The third kappa shape index (κ3) is 5.58. The van der Waals surface area contributed by atoms with Crippen LogP contribution in [0, 0.1) is 0 Å². The lowest BCUT2D eigenvalue weighted by Crippen LogP contribution is -2.03. The Hall–Kier alpha value is -0.420. The van der Waals surface area contributed by atoms with Crippen LogP contribution in [0.25, 0.3) is 0 Å². The smallest absolute Gasteiger partial charge is 0.120 e. The van der Waals surface area contributed by atoms with Crippen LogP contribution in [0.5, 0.6) is 0 Å². The van der Waals surface area contributed by atoms with E-state index < -0.39 is 15.9 Å². The molecule has 0 radical (unpaired) electrons. The molecule has 0 unspecified atom stereocenters. The maximum atomic E-state index is 9.68. The first-order valence-corrected chi connectivity index (χ1v) is 3.51. The van der Waals surface area contributed by atoms with Gasteiger partial charge in [0.15, 0.2) is 0 Å². The number of hydrogen-bond donors (Lipinski definition) is 0. The Labute approximate surface area is 47.3 Å². The quantitative estimate of drug-likeness (QED) is 0.374. The van der Waals surface area contributed by atoms with Gasteiger partial charge in [-0.3, -0.25) is 0 Å². The van der Waals surface area contributed by atoms with Crippen molar-refractivity contribution in [1.82, 2.24) is 0 Å². The molecule has 48 valence electrons. The van der Waals surface area contributed by atoms with Crippen LogP contribution < -0.4 is 0 Å². The van der Waals surface area contributed by atoms with Crippen LogP contribution in [0.1, 0.15) is 6.42 Å². The Morgan fingerprint density at radius 3 is 2.12 bits per heavy atom. The van der Waals surface area contributed by atoms with Crippen molar-refractivity contribution in [2.75, 3.05) is 5.75 Å². The molecule has 0 fully saturated rings. The van der Waals surface area contributed by atoms with E-state index in [9.17, 15) is 17.8 Å². The second-order valence-corrected chi connectivity index (χ2v) is 2.74. The molecule has 0 aromatic rings. The number of hydrogen-bond acceptors (Lipinski definition) is 4. The fraction of sp³-hybridized carbons (Fsp3) is 0.667. The minimum absolute atomic E-state index is 0.203. The van der Waals surface area contributed by atoms with Gasteiger partial charge in [-0.1, -0.05) is 0 Å². The molecule has 0 spiro atoms. The average Bonchev–Trinajstić information content (AvgIpc) is 1.59. The van der Waals surface area contributed by atoms with Crippen molar-refractivity contribution in [2.45, 2.75) is 6.42 Å². The van der Waals surface area contributed by atoms with Crippen molar-refractivity contribution in [1.29, 1.82) is 0 Å². The summed E-state index contributed by atoms with van der Waals surface area (Å²) in [6.45, 7) is 0. The first-order valence-electron chi connectivity index (χ1n) is 1.93. The summed E-state index contributed by atoms with van der Waals surface area (Å²) in [7, 11) is -4.17. The number of aldehydes is 1. The van der Waals surface area contributed by atoms with Gasteiger partial charge in [0.05, 0.1) is 10.1 Å². The highest BCUT2D eigenvalue weighted by Gasteiger charge is 1.90. The molecule has 0 heterocycles. The second kappa shape index (κ2) is 2.78. The van der Waals surface area contributed by atoms with Crippen molar-refractivity contribution in [2.24, 2.45) is 0 Å². The Morgan fingerprint density at radius 1 is 1.50 bits per heavy atom. The fourth-order valence-corrected chi connectivity index (χ4v) is 0.577. The molecular formula is C3H5O4S-. The number of carbonyl (C=O) groups excluding carboxylic acids is 1. The Morgan fingerprint density at radius 2 is 2.00 bits per heavy atom. The normalized spacial score (nSPS) is 11.1. The lowest BCUT2D eigenvalue weighted by Gasteiger charge is -2.00. The number of carbonyl (C=O) groups is 1. The molecule has 0 N–H and O–H groups in total. The Balaban J connectivity index is 3.57. The zero-order chi connectivity index (χ0) is 6.62. The zero-order valence-electron chi connectivity index (χ0n) is 4.03. The Bertz CT molecular complexity index is 156. The molecule has 0 aromatic carbocycles. The van der Waals surface area contributed by atoms with E-state index in [1.54, 1.807) is 0 Å². The summed E-state index contributed by atoms with van der Waals surface area (Å²) < 4.78 is 29.0. The van der Waals surface area contributed by atoms with Gasteiger partial charge in [0, 0.05) is 12.2 Å². The molecule has 0 aliphatic carbocycles. The topological polar surface area (TPSA) is 74.3 Å². The molecule has 0 saturated carbocycles. The van der Waals surface area contributed by atoms with Gasteiger partial charge in [0.25, 0.3) is 0 Å². The van der Waals surface area contributed by atoms with E-state index in [1.807, 2.05) is 0 Å². The van der Waals surface area contributed by atoms with Gasteiger partial charge in [-0.05, 0) is 0 Å². The summed E-state index contributed by atoms with van der Waals surface area (Å²) in [4.78, 5) is 9.45. The average molecular weight is 137 g/mol. The van der Waals surface area contributed by atoms with Crippen molar-refractivity contribution in [3.05, 3.63) is 0 Å². The standard InChI is InChI=1S/C3H6O4S/c4-2-1-3-8(5,6)7/h2H,1,3H2,(H,5,6,7)/p-1. The highest BCUT2D eigenvalue weighted by atomic mass is 32.2. The van der Waals surface area contributed by atoms with E-state index in [-0.39, 0.29) is 6.42 Å². The highest BCUT2D eigenvalue weighted by Crippen LogP contribution is 1.82. The van der Waals surface area contributed by atoms with Crippen molar-refractivity contribution >= 4 is 16.4 Å². The third-order valence-corrected chi connectivity index (χ3v) is 1.22. The van der Waals surface area contributed by atoms with E-state index in [0.717, 1.165) is 0 Å². The summed E-state index contributed by atoms with van der Waals surface area (Å²) in [6.07, 6.45) is 0.196. The van der Waals surface area contributed by atoms with E-state index >= 15 is 0 Å². The molecule has 0 bridgehead atoms. The molecule has 8 heavy (non-hydrogen) atoms. The molecular weight excluding hydrogens is 132 g/mol. The molecule has 4 nitrogen and oxygen atoms in total. The molecule has 5 heteroatoms. The molecule has 0 rings (SSSR count). The highest BCUT2D eigenvalue weighted by molar-refractivity contribution is 7.85. The third-order valence-electron chi connectivity index (χ3n) is 0.486. The molecule has 0 aliphatic rings. The minimum Gasteiger partial charge on any atom is -0.748 e. The summed E-state index contributed by atoms with van der Waals surface area (Å²) >= 11 is 0. The van der Waals surface area contributed by atoms with Crippen molar-refractivity contribution in [3.8, 4) is 0 Å². The van der Waals surface area contributed by atoms with Gasteiger partial charge in [-0.25, -0.2) is 8.42 Å². The van der Waals surface area contributed by atoms with Gasteiger partial charge >= 0.3 is 0 Å². The van der Waals surface area contributed by atoms with Crippen LogP contribution in [0.15, 0.2) is 0 Å². The number of rotatable bonds is 3. The SMILES string of the molecule is O=CCCS(=O)(=O)[O-]. The monoisotopic (exact) mass is 137 g/mol. The second-order valence-electron chi connectivity index (χ2n) is 1.22. The molecule has 0 saturated heterocycles. The van der Waals surface area contributed by atoms with Gasteiger partial charge in [0.2, 0.25) is 0 Å². The summed E-state index contributed by atoms with van der Waals surface area (Å²) in [6, 6.07) is 0. The van der Waals surface area contributed by atoms with Crippen LogP contribution in [0.4, 0.5) is 0 Å². The maximum absolute atomic E-state index is 9.68. The first kappa shape index (κ1) is 7.58. The van der Waals surface area contributed by atoms with Gasteiger partial charge in [-0.15, -0.1) is 0 Å². The van der Waals surface area contributed by atoms with Crippen LogP contribution in [0.2, 0.25) is 0 Å². The molecule has 0 amide bonds. The van der Waals surface area contributed by atoms with Crippen molar-refractivity contribution in [3.63, 3.8) is 0 Å². The Kier molecular flexibility index (Phi) is 2.64. The summed E-state index contributed by atoms with van der Waals surface area (Å²) in [5, 5.41) is 0. The lowest BCUT2D eigenvalue weighted by atomic mass is 10.6. The fourth-order valence-electron chi connectivity index (χ4n) is 0.192. The predicted octanol–water partition coefficient (Wildman–Crippen LogP) is -0.879. The van der Waals surface area contributed by atoms with Crippen LogP contribution in [-0.2, 0) is 14.9 Å². The van der Waals surface area contributed by atoms with E-state index in [0.29, 0.717) is 6.29 Å². The summed E-state index contributed by atoms with van der Waals surface area (Å²) in [5.74, 6) is -0.587. The lowest BCUT2D eigenvalue weighted by molar-refractivity contribution is -0.107. The van der Waals surface area contributed by atoms with Gasteiger partial charge in [-0.2, -0.15) is 0 Å². The van der Waals surface area contributed by atoms with E-state index in [4.69, 9.17) is 0 Å². The van der Waals surface area contributed by atoms with E-state index in [1.165, 1.54) is 0 Å². The largest absolute Gasteiger partial charge is 0.748 e. The zero-order valence-corrected chi connectivity index (χ0v) is 4.85. The molecule has 0 aromatic heterocycles. The molecule has 0 atom stereocenters. The predicted molar refractivity (Wildman–Crippen MR) is 25.2 cm³/mol. The van der Waals surface area contributed by atoms with Gasteiger partial charge < -0.3 is 9.35 Å². The van der Waals surface area contributed by atoms with Crippen LogP contribution in [-0.4, -0.2) is 25.0 Å². The van der Waals surface area contributed by atoms with Crippen LogP contribution >= 0.6 is 0 Å². The minimum atomic E-state index is -4.17. The van der Waals surface area contributed by atoms with Crippen LogP contribution in [0.3, 0.4) is 0 Å². The summed E-state index contributed by atoms with van der Waals surface area (Å²) in [5.41, 5.74) is 0.